The zero-order valence-corrected chi connectivity index (χ0v) is 17.4. The second-order valence-corrected chi connectivity index (χ2v) is 8.54. The van der Waals surface area contributed by atoms with Crippen LogP contribution in [-0.2, 0) is 4.79 Å². The molecule has 2 aliphatic heterocycles. The molecule has 1 saturated carbocycles. The number of allylic oxidation sites excluding steroid dienone is 1. The number of ether oxygens (including phenoxy) is 1. The van der Waals surface area contributed by atoms with Crippen LogP contribution in [-0.4, -0.2) is 52.8 Å². The summed E-state index contributed by atoms with van der Waals surface area (Å²) in [4.78, 5) is 21.4. The van der Waals surface area contributed by atoms with Gasteiger partial charge in [0.05, 0.1) is 23.9 Å². The van der Waals surface area contributed by atoms with Gasteiger partial charge in [-0.15, -0.1) is 0 Å². The van der Waals surface area contributed by atoms with E-state index in [0.717, 1.165) is 18.5 Å². The van der Waals surface area contributed by atoms with E-state index in [4.69, 9.17) is 16.2 Å². The van der Waals surface area contributed by atoms with Crippen molar-refractivity contribution in [3.8, 4) is 5.88 Å². The molecular formula is C21H26F3N5O3. The number of amidine groups is 1. The molecule has 1 amide bonds. The SMILES string of the molecule is NC1=NC(=O)CC(O)(C(F)(F)F)C1=C(N)C1CCN(c2ccc(OC3CCC3)nc2)CC1. The third-order valence-corrected chi connectivity index (χ3v) is 6.44. The van der Waals surface area contributed by atoms with Crippen molar-refractivity contribution in [2.45, 2.75) is 56.4 Å². The largest absolute Gasteiger partial charge is 0.474 e. The van der Waals surface area contributed by atoms with E-state index in [1.807, 2.05) is 12.1 Å². The van der Waals surface area contributed by atoms with Crippen molar-refractivity contribution in [2.75, 3.05) is 18.0 Å². The van der Waals surface area contributed by atoms with Crippen LogP contribution in [0.3, 0.4) is 0 Å². The number of carbonyl (C=O) groups is 1. The summed E-state index contributed by atoms with van der Waals surface area (Å²) in [6.45, 7) is 1.06. The van der Waals surface area contributed by atoms with Gasteiger partial charge in [-0.1, -0.05) is 0 Å². The number of alkyl halides is 3. The third-order valence-electron chi connectivity index (χ3n) is 6.44. The Morgan fingerprint density at radius 3 is 2.44 bits per heavy atom. The van der Waals surface area contributed by atoms with Crippen LogP contribution in [0.25, 0.3) is 0 Å². The molecule has 4 rings (SSSR count). The average molecular weight is 453 g/mol. The number of aromatic nitrogens is 1. The van der Waals surface area contributed by atoms with E-state index in [9.17, 15) is 23.1 Å². The lowest BCUT2D eigenvalue weighted by Crippen LogP contribution is -2.55. The average Bonchev–Trinajstić information content (AvgIpc) is 2.70. The second kappa shape index (κ2) is 8.27. The third kappa shape index (κ3) is 4.13. The highest BCUT2D eigenvalue weighted by Crippen LogP contribution is 2.43. The van der Waals surface area contributed by atoms with Crippen LogP contribution in [0.4, 0.5) is 18.9 Å². The lowest BCUT2D eigenvalue weighted by atomic mass is 9.80. The maximum absolute atomic E-state index is 13.6. The van der Waals surface area contributed by atoms with E-state index in [1.54, 1.807) is 6.20 Å². The van der Waals surface area contributed by atoms with Crippen LogP contribution in [0, 0.1) is 5.92 Å². The molecule has 8 nitrogen and oxygen atoms in total. The first kappa shape index (κ1) is 22.4. The molecule has 0 spiro atoms. The molecule has 3 aliphatic rings. The van der Waals surface area contributed by atoms with Crippen molar-refractivity contribution < 1.29 is 27.8 Å². The fourth-order valence-electron chi connectivity index (χ4n) is 4.32. The Kier molecular flexibility index (Phi) is 5.78. The van der Waals surface area contributed by atoms with Crippen LogP contribution < -0.4 is 21.1 Å². The summed E-state index contributed by atoms with van der Waals surface area (Å²) in [6, 6.07) is 3.72. The number of hydrogen-bond acceptors (Lipinski definition) is 7. The van der Waals surface area contributed by atoms with Crippen LogP contribution in [0.1, 0.15) is 38.5 Å². The van der Waals surface area contributed by atoms with E-state index in [-0.39, 0.29) is 11.8 Å². The van der Waals surface area contributed by atoms with Crippen molar-refractivity contribution in [2.24, 2.45) is 22.4 Å². The number of rotatable bonds is 4. The highest BCUT2D eigenvalue weighted by Gasteiger charge is 2.60. The second-order valence-electron chi connectivity index (χ2n) is 8.54. The minimum Gasteiger partial charge on any atom is -0.474 e. The zero-order valence-electron chi connectivity index (χ0n) is 17.4. The molecule has 2 fully saturated rings. The van der Waals surface area contributed by atoms with E-state index < -0.39 is 41.4 Å². The van der Waals surface area contributed by atoms with Crippen LogP contribution in [0.5, 0.6) is 5.88 Å². The Labute approximate surface area is 183 Å². The van der Waals surface area contributed by atoms with Crippen molar-refractivity contribution in [1.29, 1.82) is 0 Å². The Balaban J connectivity index is 1.47. The van der Waals surface area contributed by atoms with Gasteiger partial charge in [-0.3, -0.25) is 4.79 Å². The van der Waals surface area contributed by atoms with Crippen LogP contribution in [0.2, 0.25) is 0 Å². The topological polar surface area (TPSA) is 127 Å². The van der Waals surface area contributed by atoms with Gasteiger partial charge in [0.1, 0.15) is 11.9 Å². The number of anilines is 1. The lowest BCUT2D eigenvalue weighted by Gasteiger charge is -2.38. The molecule has 1 aromatic heterocycles. The van der Waals surface area contributed by atoms with Gasteiger partial charge in [0.25, 0.3) is 5.91 Å². The van der Waals surface area contributed by atoms with Gasteiger partial charge in [0.2, 0.25) is 5.88 Å². The number of nitrogens with two attached hydrogens (primary N) is 2. The summed E-state index contributed by atoms with van der Waals surface area (Å²) in [5.41, 5.74) is 8.32. The smallest absolute Gasteiger partial charge is 0.422 e. The minimum atomic E-state index is -5.11. The minimum absolute atomic E-state index is 0.166. The van der Waals surface area contributed by atoms with E-state index in [1.165, 1.54) is 6.42 Å². The van der Waals surface area contributed by atoms with Crippen molar-refractivity contribution in [3.63, 3.8) is 0 Å². The first-order valence-corrected chi connectivity index (χ1v) is 10.6. The number of aliphatic imine (C=N–C) groups is 1. The van der Waals surface area contributed by atoms with E-state index in [0.29, 0.717) is 31.8 Å². The highest BCUT2D eigenvalue weighted by atomic mass is 19.4. The number of halogens is 3. The summed E-state index contributed by atoms with van der Waals surface area (Å²) in [5.74, 6) is -1.67. The number of hydrogen-bond donors (Lipinski definition) is 3. The van der Waals surface area contributed by atoms with Gasteiger partial charge in [-0.2, -0.15) is 18.2 Å². The Hall–Kier alpha value is -2.82. The molecule has 174 valence electrons. The molecule has 1 unspecified atom stereocenters. The first-order chi connectivity index (χ1) is 15.1. The molecule has 32 heavy (non-hydrogen) atoms. The summed E-state index contributed by atoms with van der Waals surface area (Å²) in [7, 11) is 0. The molecule has 11 heteroatoms. The molecule has 1 aliphatic carbocycles. The Bertz CT molecular complexity index is 935. The number of nitrogens with zero attached hydrogens (tertiary/aromatic N) is 3. The summed E-state index contributed by atoms with van der Waals surface area (Å²) < 4.78 is 46.7. The summed E-state index contributed by atoms with van der Waals surface area (Å²) >= 11 is 0. The number of pyridine rings is 1. The first-order valence-electron chi connectivity index (χ1n) is 10.6. The Morgan fingerprint density at radius 1 is 1.22 bits per heavy atom. The number of aliphatic hydroxyl groups is 1. The molecular weight excluding hydrogens is 427 g/mol. The number of carbonyl (C=O) groups excluding carboxylic acids is 1. The molecule has 0 radical (unpaired) electrons. The van der Waals surface area contributed by atoms with Gasteiger partial charge in [-0.25, -0.2) is 4.98 Å². The van der Waals surface area contributed by atoms with E-state index >= 15 is 0 Å². The fourth-order valence-corrected chi connectivity index (χ4v) is 4.32. The van der Waals surface area contributed by atoms with Gasteiger partial charge in [0, 0.05) is 30.8 Å². The van der Waals surface area contributed by atoms with Gasteiger partial charge < -0.3 is 26.2 Å². The van der Waals surface area contributed by atoms with Gasteiger partial charge in [-0.05, 0) is 38.2 Å². The normalized spacial score (nSPS) is 27.1. The maximum Gasteiger partial charge on any atom is 0.422 e. The van der Waals surface area contributed by atoms with Crippen LogP contribution >= 0.6 is 0 Å². The van der Waals surface area contributed by atoms with Crippen molar-refractivity contribution in [1.82, 2.24) is 4.98 Å². The number of piperidine rings is 1. The molecule has 1 saturated heterocycles. The molecule has 1 aromatic rings. The standard InChI is InChI=1S/C21H26F3N5O3/c22-21(23,24)20(31)10-15(30)28-19(26)17(20)18(25)12-6-8-29(9-7-12)13-4-5-16(27-11-13)32-14-2-1-3-14/h4-5,11-12,14,31H,1-3,6-10,25H2,(H2,26,28,30). The molecule has 1 atom stereocenters. The highest BCUT2D eigenvalue weighted by molar-refractivity contribution is 6.09. The van der Waals surface area contributed by atoms with Crippen LogP contribution in [0.15, 0.2) is 34.6 Å². The quantitative estimate of drug-likeness (QED) is 0.637. The Morgan fingerprint density at radius 2 is 1.91 bits per heavy atom. The van der Waals surface area contributed by atoms with E-state index in [2.05, 4.69) is 14.9 Å². The number of amides is 1. The predicted octanol–water partition coefficient (Wildman–Crippen LogP) is 2.02. The lowest BCUT2D eigenvalue weighted by molar-refractivity contribution is -0.244. The molecule has 0 bridgehead atoms. The van der Waals surface area contributed by atoms with Crippen molar-refractivity contribution >= 4 is 17.4 Å². The summed E-state index contributed by atoms with van der Waals surface area (Å²) in [6.07, 6.45) is -0.231. The molecule has 0 aromatic carbocycles. The van der Waals surface area contributed by atoms with Gasteiger partial charge in [0.15, 0.2) is 5.60 Å². The molecule has 3 heterocycles. The van der Waals surface area contributed by atoms with Crippen molar-refractivity contribution in [3.05, 3.63) is 29.6 Å². The maximum atomic E-state index is 13.6. The monoisotopic (exact) mass is 453 g/mol. The molecule has 5 N–H and O–H groups in total. The predicted molar refractivity (Wildman–Crippen MR) is 111 cm³/mol. The fraction of sp³-hybridized carbons (Fsp3) is 0.571. The summed E-state index contributed by atoms with van der Waals surface area (Å²) in [5, 5.41) is 10.4. The van der Waals surface area contributed by atoms with Gasteiger partial charge >= 0.3 is 6.18 Å². The zero-order chi connectivity index (χ0) is 23.1.